The lowest BCUT2D eigenvalue weighted by Gasteiger charge is -2.07. The van der Waals surface area contributed by atoms with Crippen molar-refractivity contribution in [2.24, 2.45) is 0 Å². The first-order valence-corrected chi connectivity index (χ1v) is 8.41. The number of ether oxygens (including phenoxy) is 1. The number of hydrogen-bond donors (Lipinski definition) is 1. The molecule has 0 unspecified atom stereocenters. The Morgan fingerprint density at radius 1 is 1.00 bits per heavy atom. The minimum atomic E-state index is -0.689. The van der Waals surface area contributed by atoms with Gasteiger partial charge in [0, 0.05) is 11.1 Å². The summed E-state index contributed by atoms with van der Waals surface area (Å²) in [6.45, 7) is 1.68. The molecular formula is C20H16N4O3. The van der Waals surface area contributed by atoms with Crippen molar-refractivity contribution in [3.63, 3.8) is 0 Å². The molecule has 0 aliphatic rings. The third-order valence-corrected chi connectivity index (χ3v) is 3.96. The summed E-state index contributed by atoms with van der Waals surface area (Å²) >= 11 is 0. The first kappa shape index (κ1) is 16.7. The first-order chi connectivity index (χ1) is 13.2. The van der Waals surface area contributed by atoms with Crippen LogP contribution in [-0.2, 0) is 4.74 Å². The van der Waals surface area contributed by atoms with Crippen LogP contribution in [0.5, 0.6) is 0 Å². The summed E-state index contributed by atoms with van der Waals surface area (Å²) in [5.41, 5.74) is 2.63. The Morgan fingerprint density at radius 3 is 2.37 bits per heavy atom. The van der Waals surface area contributed by atoms with Gasteiger partial charge in [-0.15, -0.1) is 10.2 Å². The summed E-state index contributed by atoms with van der Waals surface area (Å²) in [5.74, 6) is 0.0584. The third-order valence-electron chi connectivity index (χ3n) is 3.96. The van der Waals surface area contributed by atoms with Gasteiger partial charge in [-0.25, -0.2) is 4.79 Å². The highest BCUT2D eigenvalue weighted by molar-refractivity contribution is 5.88. The van der Waals surface area contributed by atoms with Gasteiger partial charge in [-0.1, -0.05) is 48.5 Å². The molecule has 2 aromatic carbocycles. The van der Waals surface area contributed by atoms with Gasteiger partial charge in [-0.2, -0.15) is 5.10 Å². The second-order valence-electron chi connectivity index (χ2n) is 5.89. The summed E-state index contributed by atoms with van der Waals surface area (Å²) in [6, 6.07) is 20.6. The SMILES string of the molecule is C[C@H](OC(=O)c1cc(-c2ccccc2)n[nH]1)c1nnc(-c2ccccc2)o1. The van der Waals surface area contributed by atoms with Crippen LogP contribution >= 0.6 is 0 Å². The monoisotopic (exact) mass is 360 g/mol. The molecule has 0 amide bonds. The van der Waals surface area contributed by atoms with Crippen molar-refractivity contribution in [1.82, 2.24) is 20.4 Å². The van der Waals surface area contributed by atoms with Crippen molar-refractivity contribution in [3.8, 4) is 22.7 Å². The minimum Gasteiger partial charge on any atom is -0.448 e. The van der Waals surface area contributed by atoms with Gasteiger partial charge >= 0.3 is 5.97 Å². The van der Waals surface area contributed by atoms with Gasteiger partial charge in [-0.3, -0.25) is 5.10 Å². The number of aromatic nitrogens is 4. The maximum absolute atomic E-state index is 12.4. The summed E-state index contributed by atoms with van der Waals surface area (Å²) in [4.78, 5) is 12.4. The van der Waals surface area contributed by atoms with E-state index in [4.69, 9.17) is 9.15 Å². The van der Waals surface area contributed by atoms with Crippen LogP contribution in [0.25, 0.3) is 22.7 Å². The van der Waals surface area contributed by atoms with Crippen LogP contribution in [0.1, 0.15) is 29.4 Å². The molecule has 0 fully saturated rings. The van der Waals surface area contributed by atoms with Crippen LogP contribution in [0.3, 0.4) is 0 Å². The zero-order chi connectivity index (χ0) is 18.6. The predicted octanol–water partition coefficient (Wildman–Crippen LogP) is 4.04. The average molecular weight is 360 g/mol. The molecule has 0 spiro atoms. The van der Waals surface area contributed by atoms with E-state index in [0.717, 1.165) is 11.1 Å². The number of nitrogens with one attached hydrogen (secondary N) is 1. The van der Waals surface area contributed by atoms with Crippen LogP contribution in [0.4, 0.5) is 0 Å². The number of hydrogen-bond acceptors (Lipinski definition) is 6. The molecule has 134 valence electrons. The largest absolute Gasteiger partial charge is 0.448 e. The van der Waals surface area contributed by atoms with Gasteiger partial charge < -0.3 is 9.15 Å². The van der Waals surface area contributed by atoms with Crippen molar-refractivity contribution in [2.45, 2.75) is 13.0 Å². The Morgan fingerprint density at radius 2 is 1.67 bits per heavy atom. The van der Waals surface area contributed by atoms with E-state index in [2.05, 4.69) is 20.4 Å². The van der Waals surface area contributed by atoms with Crippen LogP contribution in [-0.4, -0.2) is 26.4 Å². The molecule has 27 heavy (non-hydrogen) atoms. The van der Waals surface area contributed by atoms with Gasteiger partial charge in [-0.05, 0) is 25.1 Å². The van der Waals surface area contributed by atoms with Crippen molar-refractivity contribution in [2.75, 3.05) is 0 Å². The number of H-pyrrole nitrogens is 1. The maximum Gasteiger partial charge on any atom is 0.357 e. The Balaban J connectivity index is 1.46. The zero-order valence-corrected chi connectivity index (χ0v) is 14.5. The predicted molar refractivity (Wildman–Crippen MR) is 97.6 cm³/mol. The molecule has 7 nitrogen and oxygen atoms in total. The number of rotatable bonds is 5. The lowest BCUT2D eigenvalue weighted by Crippen LogP contribution is -2.10. The van der Waals surface area contributed by atoms with E-state index in [9.17, 15) is 4.79 Å². The molecule has 2 aromatic heterocycles. The fraction of sp³-hybridized carbons (Fsp3) is 0.100. The number of carbonyl (C=O) groups is 1. The van der Waals surface area contributed by atoms with Crippen LogP contribution < -0.4 is 0 Å². The van der Waals surface area contributed by atoms with Gasteiger partial charge in [0.05, 0.1) is 5.69 Å². The van der Waals surface area contributed by atoms with E-state index in [-0.39, 0.29) is 11.6 Å². The Labute approximate surface area is 155 Å². The molecule has 1 atom stereocenters. The van der Waals surface area contributed by atoms with Gasteiger partial charge in [0.2, 0.25) is 5.89 Å². The van der Waals surface area contributed by atoms with Gasteiger partial charge in [0.25, 0.3) is 5.89 Å². The number of benzene rings is 2. The number of aromatic amines is 1. The Hall–Kier alpha value is -3.74. The van der Waals surface area contributed by atoms with Gasteiger partial charge in [0.1, 0.15) is 5.69 Å². The lowest BCUT2D eigenvalue weighted by molar-refractivity contribution is 0.0273. The Kier molecular flexibility index (Phi) is 4.49. The van der Waals surface area contributed by atoms with Crippen molar-refractivity contribution >= 4 is 5.97 Å². The van der Waals surface area contributed by atoms with Crippen LogP contribution in [0, 0.1) is 0 Å². The van der Waals surface area contributed by atoms with Crippen molar-refractivity contribution < 1.29 is 13.9 Å². The highest BCUT2D eigenvalue weighted by atomic mass is 16.6. The molecule has 0 bridgehead atoms. The molecule has 7 heteroatoms. The average Bonchev–Trinajstić information content (AvgIpc) is 3.39. The highest BCUT2D eigenvalue weighted by Gasteiger charge is 2.21. The smallest absolute Gasteiger partial charge is 0.357 e. The Bertz CT molecular complexity index is 1040. The fourth-order valence-electron chi connectivity index (χ4n) is 2.55. The van der Waals surface area contributed by atoms with Gasteiger partial charge in [0.15, 0.2) is 6.10 Å². The normalized spacial score (nSPS) is 11.9. The zero-order valence-electron chi connectivity index (χ0n) is 14.5. The summed E-state index contributed by atoms with van der Waals surface area (Å²) < 4.78 is 11.0. The van der Waals surface area contributed by atoms with Crippen LogP contribution in [0.15, 0.2) is 71.1 Å². The van der Waals surface area contributed by atoms with E-state index in [1.807, 2.05) is 60.7 Å². The molecule has 4 rings (SSSR count). The maximum atomic E-state index is 12.4. The summed E-state index contributed by atoms with van der Waals surface area (Å²) in [7, 11) is 0. The molecule has 0 aliphatic carbocycles. The summed E-state index contributed by atoms with van der Waals surface area (Å²) in [5, 5.41) is 14.8. The second kappa shape index (κ2) is 7.25. The topological polar surface area (TPSA) is 93.9 Å². The number of carbonyl (C=O) groups excluding carboxylic acids is 1. The molecule has 1 N–H and O–H groups in total. The molecule has 4 aromatic rings. The minimum absolute atomic E-state index is 0.227. The van der Waals surface area contributed by atoms with E-state index >= 15 is 0 Å². The number of esters is 1. The van der Waals surface area contributed by atoms with Crippen molar-refractivity contribution in [3.05, 3.63) is 78.3 Å². The van der Waals surface area contributed by atoms with Crippen molar-refractivity contribution in [1.29, 1.82) is 0 Å². The molecule has 0 radical (unpaired) electrons. The molecule has 0 saturated heterocycles. The van der Waals surface area contributed by atoms with E-state index in [0.29, 0.717) is 11.6 Å². The summed E-state index contributed by atoms with van der Waals surface area (Å²) in [6.07, 6.45) is -0.689. The molecule has 2 heterocycles. The van der Waals surface area contributed by atoms with E-state index in [1.54, 1.807) is 13.0 Å². The van der Waals surface area contributed by atoms with E-state index < -0.39 is 12.1 Å². The fourth-order valence-corrected chi connectivity index (χ4v) is 2.55. The van der Waals surface area contributed by atoms with Crippen LogP contribution in [0.2, 0.25) is 0 Å². The lowest BCUT2D eigenvalue weighted by atomic mass is 10.1. The molecule has 0 saturated carbocycles. The third kappa shape index (κ3) is 3.62. The highest BCUT2D eigenvalue weighted by Crippen LogP contribution is 2.23. The standard InChI is InChI=1S/C20H16N4O3/c1-13(18-23-24-19(27-18)15-10-6-3-7-11-15)26-20(25)17-12-16(21-22-17)14-8-4-2-5-9-14/h2-13H,1H3,(H,21,22)/t13-/m0/s1. The molecular weight excluding hydrogens is 344 g/mol. The molecule has 0 aliphatic heterocycles. The van der Waals surface area contributed by atoms with E-state index in [1.165, 1.54) is 0 Å². The quantitative estimate of drug-likeness (QED) is 0.540. The second-order valence-corrected chi connectivity index (χ2v) is 5.89. The number of nitrogens with zero attached hydrogens (tertiary/aromatic N) is 3. The first-order valence-electron chi connectivity index (χ1n) is 8.41.